The van der Waals surface area contributed by atoms with E-state index in [9.17, 15) is 10.1 Å². The molecule has 9 atom stereocenters. The standard InChI is InChI=1S/C27H46ClNO2/c1-18(2)7-6-8-19(3)22-11-12-23-21-10-9-20-17-27(28,29(30)31)16-15-25(20,4)24(21)13-14-26(22,23)5/h18-24H,6-17H2,1-5H3. The number of fused-ring (bicyclic) bond motifs is 5. The first-order valence-electron chi connectivity index (χ1n) is 13.3. The average molecular weight is 452 g/mol. The van der Waals surface area contributed by atoms with Crippen molar-refractivity contribution in [1.29, 1.82) is 0 Å². The van der Waals surface area contributed by atoms with Crippen molar-refractivity contribution in [2.75, 3.05) is 0 Å². The number of nitrogens with zero attached hydrogens (tertiary/aromatic N) is 1. The highest BCUT2D eigenvalue weighted by Gasteiger charge is 2.63. The highest BCUT2D eigenvalue weighted by Crippen LogP contribution is 2.69. The van der Waals surface area contributed by atoms with Crippen molar-refractivity contribution < 1.29 is 4.92 Å². The molecule has 4 aliphatic carbocycles. The lowest BCUT2D eigenvalue weighted by atomic mass is 9.44. The fraction of sp³-hybridized carbons (Fsp3) is 1.00. The molecule has 0 aromatic carbocycles. The van der Waals surface area contributed by atoms with Crippen molar-refractivity contribution in [3.05, 3.63) is 10.1 Å². The molecule has 178 valence electrons. The predicted octanol–water partition coefficient (Wildman–Crippen LogP) is 8.32. The molecule has 0 N–H and O–H groups in total. The van der Waals surface area contributed by atoms with Gasteiger partial charge in [0.2, 0.25) is 0 Å². The van der Waals surface area contributed by atoms with Gasteiger partial charge < -0.3 is 0 Å². The molecule has 0 aromatic heterocycles. The maximum Gasteiger partial charge on any atom is 0.295 e. The van der Waals surface area contributed by atoms with Crippen LogP contribution in [0.4, 0.5) is 0 Å². The summed E-state index contributed by atoms with van der Waals surface area (Å²) in [5, 5.41) is 11.6. The minimum atomic E-state index is -1.20. The largest absolute Gasteiger partial charge is 0.295 e. The van der Waals surface area contributed by atoms with Crippen LogP contribution in [0.25, 0.3) is 0 Å². The zero-order valence-corrected chi connectivity index (χ0v) is 21.4. The van der Waals surface area contributed by atoms with Crippen molar-refractivity contribution in [1.82, 2.24) is 0 Å². The topological polar surface area (TPSA) is 43.1 Å². The summed E-state index contributed by atoms with van der Waals surface area (Å²) < 4.78 is 0. The van der Waals surface area contributed by atoms with Crippen molar-refractivity contribution in [2.45, 2.75) is 117 Å². The van der Waals surface area contributed by atoms with Gasteiger partial charge in [-0.05, 0) is 109 Å². The third kappa shape index (κ3) is 3.97. The molecule has 4 saturated carbocycles. The second-order valence-corrected chi connectivity index (χ2v) is 13.8. The van der Waals surface area contributed by atoms with Gasteiger partial charge in [-0.3, -0.25) is 10.1 Å². The van der Waals surface area contributed by atoms with Crippen LogP contribution in [0.1, 0.15) is 112 Å². The Labute approximate surface area is 195 Å². The lowest BCUT2D eigenvalue weighted by molar-refractivity contribution is -0.550. The van der Waals surface area contributed by atoms with Crippen LogP contribution >= 0.6 is 11.6 Å². The van der Waals surface area contributed by atoms with Crippen molar-refractivity contribution in [2.24, 2.45) is 52.3 Å². The van der Waals surface area contributed by atoms with E-state index < -0.39 is 5.00 Å². The van der Waals surface area contributed by atoms with E-state index in [2.05, 4.69) is 34.6 Å². The molecule has 4 rings (SSSR count). The van der Waals surface area contributed by atoms with Crippen LogP contribution in [0, 0.1) is 62.4 Å². The molecule has 4 fully saturated rings. The maximum absolute atomic E-state index is 11.6. The highest BCUT2D eigenvalue weighted by atomic mass is 35.5. The molecule has 0 heterocycles. The van der Waals surface area contributed by atoms with Crippen LogP contribution in [0.2, 0.25) is 0 Å². The van der Waals surface area contributed by atoms with Crippen molar-refractivity contribution >= 4 is 11.6 Å². The number of alkyl halides is 1. The fourth-order valence-corrected chi connectivity index (χ4v) is 9.67. The molecule has 0 aromatic rings. The normalized spacial score (nSPS) is 48.0. The lowest BCUT2D eigenvalue weighted by Crippen LogP contribution is -2.56. The lowest BCUT2D eigenvalue weighted by Gasteiger charge is -2.61. The van der Waals surface area contributed by atoms with Gasteiger partial charge in [-0.1, -0.05) is 53.9 Å². The van der Waals surface area contributed by atoms with E-state index in [0.29, 0.717) is 24.2 Å². The quantitative estimate of drug-likeness (QED) is 0.176. The van der Waals surface area contributed by atoms with Gasteiger partial charge in [-0.2, -0.15) is 0 Å². The van der Waals surface area contributed by atoms with E-state index in [1.54, 1.807) is 0 Å². The summed E-state index contributed by atoms with van der Waals surface area (Å²) in [4.78, 5) is 10.2. The molecular formula is C27H46ClNO2. The molecule has 31 heavy (non-hydrogen) atoms. The number of rotatable bonds is 6. The zero-order chi connectivity index (χ0) is 22.6. The average Bonchev–Trinajstić information content (AvgIpc) is 3.05. The Morgan fingerprint density at radius 3 is 2.32 bits per heavy atom. The van der Waals surface area contributed by atoms with E-state index in [1.165, 1.54) is 51.4 Å². The van der Waals surface area contributed by atoms with Gasteiger partial charge in [0.05, 0.1) is 0 Å². The smallest absolute Gasteiger partial charge is 0.263 e. The maximum atomic E-state index is 11.6. The van der Waals surface area contributed by atoms with E-state index >= 15 is 0 Å². The molecule has 4 heteroatoms. The SMILES string of the molecule is CC(C)CCCC(C)C1CCC2C3CCC4CC(Cl)([N+](=O)[O-])CCC4(C)C3CCC12C. The number of hydrogen-bond acceptors (Lipinski definition) is 2. The Morgan fingerprint density at radius 2 is 1.65 bits per heavy atom. The summed E-state index contributed by atoms with van der Waals surface area (Å²) in [6, 6.07) is 0. The first-order chi connectivity index (χ1) is 14.5. The van der Waals surface area contributed by atoms with Crippen molar-refractivity contribution in [3.63, 3.8) is 0 Å². The number of halogens is 1. The van der Waals surface area contributed by atoms with Crippen LogP contribution in [-0.4, -0.2) is 9.92 Å². The molecule has 0 bridgehead atoms. The Balaban J connectivity index is 1.47. The minimum Gasteiger partial charge on any atom is -0.263 e. The van der Waals surface area contributed by atoms with Gasteiger partial charge in [0.25, 0.3) is 5.00 Å². The monoisotopic (exact) mass is 451 g/mol. The molecule has 0 saturated heterocycles. The number of nitro groups is 1. The molecule has 3 nitrogen and oxygen atoms in total. The fourth-order valence-electron chi connectivity index (χ4n) is 9.39. The zero-order valence-electron chi connectivity index (χ0n) is 20.7. The summed E-state index contributed by atoms with van der Waals surface area (Å²) in [5.74, 6) is 5.47. The van der Waals surface area contributed by atoms with E-state index in [-0.39, 0.29) is 10.3 Å². The third-order valence-corrected chi connectivity index (χ3v) is 11.7. The third-order valence-electron chi connectivity index (χ3n) is 11.2. The Kier molecular flexibility index (Phi) is 6.52. The van der Waals surface area contributed by atoms with Gasteiger partial charge in [0.1, 0.15) is 0 Å². The summed E-state index contributed by atoms with van der Waals surface area (Å²) in [6.07, 6.45) is 14.2. The molecule has 9 unspecified atom stereocenters. The Bertz CT molecular complexity index is 682. The van der Waals surface area contributed by atoms with Crippen LogP contribution in [0.15, 0.2) is 0 Å². The Morgan fingerprint density at radius 1 is 0.935 bits per heavy atom. The molecule has 0 spiro atoms. The Hall–Kier alpha value is -0.310. The second kappa shape index (κ2) is 8.48. The van der Waals surface area contributed by atoms with Gasteiger partial charge >= 0.3 is 0 Å². The second-order valence-electron chi connectivity index (χ2n) is 13.1. The molecule has 0 radical (unpaired) electrons. The van der Waals surface area contributed by atoms with Crippen LogP contribution in [0.5, 0.6) is 0 Å². The van der Waals surface area contributed by atoms with Crippen molar-refractivity contribution in [3.8, 4) is 0 Å². The molecular weight excluding hydrogens is 406 g/mol. The van der Waals surface area contributed by atoms with Gasteiger partial charge in [-0.25, -0.2) is 0 Å². The molecule has 4 aliphatic rings. The highest BCUT2D eigenvalue weighted by molar-refractivity contribution is 6.22. The van der Waals surface area contributed by atoms with Gasteiger partial charge in [0.15, 0.2) is 0 Å². The van der Waals surface area contributed by atoms with E-state index in [0.717, 1.165) is 48.3 Å². The van der Waals surface area contributed by atoms with Crippen LogP contribution in [-0.2, 0) is 0 Å². The summed E-state index contributed by atoms with van der Waals surface area (Å²) in [7, 11) is 0. The van der Waals surface area contributed by atoms with Gasteiger partial charge in [-0.15, -0.1) is 0 Å². The minimum absolute atomic E-state index is 0.194. The summed E-state index contributed by atoms with van der Waals surface area (Å²) >= 11 is 6.49. The molecule has 0 aliphatic heterocycles. The van der Waals surface area contributed by atoms with E-state index in [1.807, 2.05) is 0 Å². The number of hydrogen-bond donors (Lipinski definition) is 0. The molecule has 0 amide bonds. The first-order valence-corrected chi connectivity index (χ1v) is 13.7. The summed E-state index contributed by atoms with van der Waals surface area (Å²) in [5.41, 5.74) is 0.785. The van der Waals surface area contributed by atoms with Crippen LogP contribution in [0.3, 0.4) is 0 Å². The van der Waals surface area contributed by atoms with Crippen LogP contribution < -0.4 is 0 Å². The predicted molar refractivity (Wildman–Crippen MR) is 129 cm³/mol. The van der Waals surface area contributed by atoms with E-state index in [4.69, 9.17) is 11.6 Å². The van der Waals surface area contributed by atoms with Gasteiger partial charge in [0, 0.05) is 17.8 Å². The summed E-state index contributed by atoms with van der Waals surface area (Å²) in [6.45, 7) is 12.4. The first kappa shape index (κ1) is 23.8.